The van der Waals surface area contributed by atoms with Gasteiger partial charge in [0.15, 0.2) is 5.69 Å². The van der Waals surface area contributed by atoms with Gasteiger partial charge in [-0.2, -0.15) is 0 Å². The van der Waals surface area contributed by atoms with E-state index in [1.54, 1.807) is 26.2 Å². The first-order valence-electron chi connectivity index (χ1n) is 7.16. The average Bonchev–Trinajstić information content (AvgIpc) is 2.46. The molecule has 0 aliphatic rings. The summed E-state index contributed by atoms with van der Waals surface area (Å²) in [4.78, 5) is 26.6. The van der Waals surface area contributed by atoms with Gasteiger partial charge in [0.25, 0.3) is 5.56 Å². The summed E-state index contributed by atoms with van der Waals surface area (Å²) in [6, 6.07) is 8.58. The summed E-state index contributed by atoms with van der Waals surface area (Å²) < 4.78 is 0.884. The molecule has 0 saturated heterocycles. The maximum absolute atomic E-state index is 12.8. The molecule has 0 atom stereocenters. The Balaban J connectivity index is 2.66. The summed E-state index contributed by atoms with van der Waals surface area (Å²) >= 11 is 1.33. The summed E-state index contributed by atoms with van der Waals surface area (Å²) in [6.45, 7) is 5.96. The number of hydrogen-bond donors (Lipinski definition) is 0. The van der Waals surface area contributed by atoms with E-state index in [2.05, 4.69) is 10.2 Å². The van der Waals surface area contributed by atoms with E-state index in [-0.39, 0.29) is 10.4 Å². The van der Waals surface area contributed by atoms with Gasteiger partial charge in [0, 0.05) is 24.4 Å². The fourth-order valence-electron chi connectivity index (χ4n) is 1.86. The Morgan fingerprint density at radius 3 is 2.26 bits per heavy atom. The molecule has 1 amide bonds. The largest absolute Gasteiger partial charge is 0.332 e. The van der Waals surface area contributed by atoms with Crippen LogP contribution in [0.5, 0.6) is 0 Å². The van der Waals surface area contributed by atoms with Crippen molar-refractivity contribution in [3.8, 4) is 11.3 Å². The second-order valence-electron chi connectivity index (χ2n) is 6.23. The first-order valence-corrected chi connectivity index (χ1v) is 7.98. The molecule has 2 aromatic rings. The first-order chi connectivity index (χ1) is 10.7. The minimum Gasteiger partial charge on any atom is -0.330 e. The summed E-state index contributed by atoms with van der Waals surface area (Å²) in [6.07, 6.45) is 0. The van der Waals surface area contributed by atoms with E-state index in [9.17, 15) is 9.59 Å². The maximum Gasteiger partial charge on any atom is 0.332 e. The second kappa shape index (κ2) is 6.54. The van der Waals surface area contributed by atoms with Crippen LogP contribution in [0.4, 0.5) is 4.79 Å². The smallest absolute Gasteiger partial charge is 0.330 e. The fraction of sp³-hybridized carbons (Fsp3) is 0.375. The van der Waals surface area contributed by atoms with E-state index in [1.807, 2.05) is 39.0 Å². The zero-order valence-corrected chi connectivity index (χ0v) is 14.7. The van der Waals surface area contributed by atoms with Crippen LogP contribution in [0.3, 0.4) is 0 Å². The van der Waals surface area contributed by atoms with Crippen molar-refractivity contribution in [3.63, 3.8) is 0 Å². The standard InChI is InChI=1S/C16H20N4O2S/c1-16(2,3)23-14-18-17-12(11-9-7-6-8-10-11)13(21)20(14)15(22)19(4)5/h6-10H,1-5H3. The molecule has 6 nitrogen and oxygen atoms in total. The molecule has 0 bridgehead atoms. The maximum atomic E-state index is 12.8. The predicted molar refractivity (Wildman–Crippen MR) is 91.8 cm³/mol. The van der Waals surface area contributed by atoms with Crippen molar-refractivity contribution < 1.29 is 4.79 Å². The Morgan fingerprint density at radius 2 is 1.74 bits per heavy atom. The van der Waals surface area contributed by atoms with Gasteiger partial charge in [0.05, 0.1) is 0 Å². The van der Waals surface area contributed by atoms with Crippen LogP contribution >= 0.6 is 11.8 Å². The van der Waals surface area contributed by atoms with Gasteiger partial charge in [-0.25, -0.2) is 9.36 Å². The summed E-state index contributed by atoms with van der Waals surface area (Å²) in [5.41, 5.74) is 0.341. The number of amides is 1. The summed E-state index contributed by atoms with van der Waals surface area (Å²) in [5, 5.41) is 8.49. The lowest BCUT2D eigenvalue weighted by Gasteiger charge is -2.20. The number of carbonyl (C=O) groups excluding carboxylic acids is 1. The van der Waals surface area contributed by atoms with Crippen molar-refractivity contribution in [1.82, 2.24) is 19.7 Å². The van der Waals surface area contributed by atoms with Gasteiger partial charge in [-0.05, 0) is 0 Å². The molecule has 23 heavy (non-hydrogen) atoms. The highest BCUT2D eigenvalue weighted by atomic mass is 32.2. The van der Waals surface area contributed by atoms with Gasteiger partial charge in [-0.3, -0.25) is 4.79 Å². The van der Waals surface area contributed by atoms with Gasteiger partial charge < -0.3 is 4.90 Å². The Bertz CT molecular complexity index is 764. The second-order valence-corrected chi connectivity index (χ2v) is 8.02. The highest BCUT2D eigenvalue weighted by molar-refractivity contribution is 8.00. The lowest BCUT2D eigenvalue weighted by molar-refractivity contribution is 0.215. The normalized spacial score (nSPS) is 11.3. The van der Waals surface area contributed by atoms with Crippen LogP contribution in [0, 0.1) is 0 Å². The van der Waals surface area contributed by atoms with E-state index in [0.717, 1.165) is 4.57 Å². The average molecular weight is 332 g/mol. The van der Waals surface area contributed by atoms with Gasteiger partial charge >= 0.3 is 6.03 Å². The van der Waals surface area contributed by atoms with E-state index in [4.69, 9.17) is 0 Å². The van der Waals surface area contributed by atoms with Crippen LogP contribution in [0.15, 0.2) is 40.3 Å². The molecular weight excluding hydrogens is 312 g/mol. The molecule has 0 N–H and O–H groups in total. The molecule has 0 saturated carbocycles. The Hall–Kier alpha value is -2.15. The van der Waals surface area contributed by atoms with E-state index < -0.39 is 11.6 Å². The molecule has 1 aromatic heterocycles. The first kappa shape index (κ1) is 17.2. The van der Waals surface area contributed by atoms with Crippen LogP contribution in [-0.4, -0.2) is 44.5 Å². The quantitative estimate of drug-likeness (QED) is 0.791. The number of rotatable bonds is 2. The van der Waals surface area contributed by atoms with Crippen LogP contribution < -0.4 is 5.56 Å². The number of nitrogens with zero attached hydrogens (tertiary/aromatic N) is 4. The highest BCUT2D eigenvalue weighted by Crippen LogP contribution is 2.29. The molecule has 1 aromatic carbocycles. The summed E-state index contributed by atoms with van der Waals surface area (Å²) in [5.74, 6) is 0. The van der Waals surface area contributed by atoms with Gasteiger partial charge in [0.1, 0.15) is 0 Å². The predicted octanol–water partition coefficient (Wildman–Crippen LogP) is 2.73. The molecule has 1 heterocycles. The molecule has 0 unspecified atom stereocenters. The molecule has 0 fully saturated rings. The molecule has 0 aliphatic carbocycles. The topological polar surface area (TPSA) is 68.1 Å². The van der Waals surface area contributed by atoms with Crippen LogP contribution in [0.2, 0.25) is 0 Å². The van der Waals surface area contributed by atoms with Crippen LogP contribution in [0.1, 0.15) is 20.8 Å². The molecular formula is C16H20N4O2S. The third-order valence-corrected chi connectivity index (χ3v) is 3.91. The van der Waals surface area contributed by atoms with Crippen molar-refractivity contribution in [1.29, 1.82) is 0 Å². The van der Waals surface area contributed by atoms with Crippen LogP contribution in [0.25, 0.3) is 11.3 Å². The Kier molecular flexibility index (Phi) is 4.89. The molecule has 7 heteroatoms. The number of aromatic nitrogens is 3. The highest BCUT2D eigenvalue weighted by Gasteiger charge is 2.24. The Labute approximate surface area is 139 Å². The summed E-state index contributed by atoms with van der Waals surface area (Å²) in [7, 11) is 3.20. The van der Waals surface area contributed by atoms with Crippen molar-refractivity contribution in [3.05, 3.63) is 40.7 Å². The van der Waals surface area contributed by atoms with Gasteiger partial charge in [0.2, 0.25) is 5.16 Å². The fourth-order valence-corrected chi connectivity index (χ4v) is 2.74. The van der Waals surface area contributed by atoms with E-state index in [1.165, 1.54) is 16.7 Å². The molecule has 0 radical (unpaired) electrons. The van der Waals surface area contributed by atoms with Crippen molar-refractivity contribution in [2.75, 3.05) is 14.1 Å². The van der Waals surface area contributed by atoms with Crippen molar-refractivity contribution in [2.45, 2.75) is 30.7 Å². The minimum absolute atomic E-state index is 0.166. The molecule has 2 rings (SSSR count). The number of benzene rings is 1. The lowest BCUT2D eigenvalue weighted by Crippen LogP contribution is -2.38. The zero-order chi connectivity index (χ0) is 17.2. The molecule has 122 valence electrons. The third-order valence-electron chi connectivity index (χ3n) is 2.85. The third kappa shape index (κ3) is 3.98. The van der Waals surface area contributed by atoms with Gasteiger partial charge in [-0.15, -0.1) is 10.2 Å². The zero-order valence-electron chi connectivity index (χ0n) is 13.9. The number of thioether (sulfide) groups is 1. The monoisotopic (exact) mass is 332 g/mol. The van der Waals surface area contributed by atoms with E-state index in [0.29, 0.717) is 10.7 Å². The van der Waals surface area contributed by atoms with Crippen LogP contribution in [-0.2, 0) is 0 Å². The van der Waals surface area contributed by atoms with Gasteiger partial charge in [-0.1, -0.05) is 62.9 Å². The molecule has 0 spiro atoms. The SMILES string of the molecule is CN(C)C(=O)n1c(SC(C)(C)C)nnc(-c2ccccc2)c1=O. The lowest BCUT2D eigenvalue weighted by atomic mass is 10.2. The number of carbonyl (C=O) groups is 1. The van der Waals surface area contributed by atoms with Crippen molar-refractivity contribution in [2.24, 2.45) is 0 Å². The Morgan fingerprint density at radius 1 is 1.13 bits per heavy atom. The van der Waals surface area contributed by atoms with Crippen molar-refractivity contribution >= 4 is 17.8 Å². The number of hydrogen-bond acceptors (Lipinski definition) is 5. The minimum atomic E-state index is -0.461. The molecule has 0 aliphatic heterocycles. The van der Waals surface area contributed by atoms with E-state index >= 15 is 0 Å².